The van der Waals surface area contributed by atoms with Crippen LogP contribution in [-0.2, 0) is 29.1 Å². The number of aromatic nitrogens is 2. The zero-order valence-electron chi connectivity index (χ0n) is 16.9. The Labute approximate surface area is 178 Å². The van der Waals surface area contributed by atoms with Crippen molar-refractivity contribution >= 4 is 40.0 Å². The molecule has 0 fully saturated rings. The van der Waals surface area contributed by atoms with Gasteiger partial charge in [0.15, 0.2) is 5.76 Å². The third-order valence-electron chi connectivity index (χ3n) is 5.17. The molecule has 0 bridgehead atoms. The molecule has 1 unspecified atom stereocenters. The van der Waals surface area contributed by atoms with Crippen LogP contribution in [0.3, 0.4) is 0 Å². The van der Waals surface area contributed by atoms with E-state index >= 15 is 0 Å². The van der Waals surface area contributed by atoms with Crippen LogP contribution in [0.5, 0.6) is 0 Å². The molecule has 1 atom stereocenters. The molecular weight excluding hydrogens is 398 g/mol. The number of benzene rings is 1. The summed E-state index contributed by atoms with van der Waals surface area (Å²) in [5.41, 5.74) is 4.01. The van der Waals surface area contributed by atoms with E-state index in [1.807, 2.05) is 40.8 Å². The molecule has 0 spiro atoms. The van der Waals surface area contributed by atoms with Crippen LogP contribution in [0, 0.1) is 5.41 Å². The maximum absolute atomic E-state index is 12.9. The number of pyridine rings is 2. The summed E-state index contributed by atoms with van der Waals surface area (Å²) in [5.74, 6) is 1.29. The molecule has 0 amide bonds. The molecule has 0 aliphatic carbocycles. The van der Waals surface area contributed by atoms with Crippen LogP contribution in [0.25, 0.3) is 10.9 Å². The van der Waals surface area contributed by atoms with Crippen molar-refractivity contribution in [1.82, 2.24) is 14.3 Å². The van der Waals surface area contributed by atoms with Gasteiger partial charge in [0.05, 0.1) is 48.6 Å². The quantitative estimate of drug-likeness (QED) is 0.356. The average molecular weight is 422 g/mol. The van der Waals surface area contributed by atoms with Crippen molar-refractivity contribution in [1.29, 1.82) is 5.41 Å². The predicted octanol–water partition coefficient (Wildman–Crippen LogP) is 3.92. The van der Waals surface area contributed by atoms with Crippen LogP contribution in [0.15, 0.2) is 59.5 Å². The van der Waals surface area contributed by atoms with Crippen molar-refractivity contribution in [2.45, 2.75) is 19.9 Å². The summed E-state index contributed by atoms with van der Waals surface area (Å²) in [6, 6.07) is 12.0. The number of anilines is 2. The monoisotopic (exact) mass is 421 g/mol. The van der Waals surface area contributed by atoms with Gasteiger partial charge < -0.3 is 20.0 Å². The minimum Gasteiger partial charge on any atom is -0.593 e. The van der Waals surface area contributed by atoms with Gasteiger partial charge in [-0.25, -0.2) is 4.98 Å². The third kappa shape index (κ3) is 4.02. The lowest BCUT2D eigenvalue weighted by atomic mass is 10.0. The number of methoxy groups -OCH3 is 1. The van der Waals surface area contributed by atoms with Crippen LogP contribution in [-0.4, -0.2) is 38.7 Å². The van der Waals surface area contributed by atoms with Gasteiger partial charge in [0.2, 0.25) is 4.91 Å². The number of nitrogens with one attached hydrogen (secondary N) is 2. The number of allylic oxidation sites excluding steroid dienone is 2. The van der Waals surface area contributed by atoms with E-state index in [-0.39, 0.29) is 0 Å². The van der Waals surface area contributed by atoms with Gasteiger partial charge in [-0.05, 0) is 37.1 Å². The standard InChI is InChI=1S/C22H23N5O2S/c1-15(29-2)21(12-23)30(28)27-10-8-19-17(14-27)7-9-24-22(19)26-18-11-16-5-3-4-6-20(16)25-13-18/h3-7,9,11-13,23H,8,10,14H2,1-2H3,(H,24,26)/b21-15+,23-12?. The van der Waals surface area contributed by atoms with Gasteiger partial charge >= 0.3 is 0 Å². The normalized spacial score (nSPS) is 15.8. The minimum atomic E-state index is -1.45. The molecule has 8 heteroatoms. The second-order valence-corrected chi connectivity index (χ2v) is 8.43. The zero-order chi connectivity index (χ0) is 21.1. The molecule has 4 rings (SSSR count). The fourth-order valence-corrected chi connectivity index (χ4v) is 4.73. The molecule has 1 aliphatic rings. The van der Waals surface area contributed by atoms with E-state index in [0.717, 1.165) is 39.7 Å². The van der Waals surface area contributed by atoms with Crippen LogP contribution < -0.4 is 5.32 Å². The van der Waals surface area contributed by atoms with Crippen LogP contribution >= 0.6 is 0 Å². The topological polar surface area (TPSA) is 97.2 Å². The number of fused-ring (bicyclic) bond motifs is 2. The molecule has 7 nitrogen and oxygen atoms in total. The summed E-state index contributed by atoms with van der Waals surface area (Å²) in [6.45, 7) is 2.84. The van der Waals surface area contributed by atoms with Crippen LogP contribution in [0.1, 0.15) is 18.1 Å². The molecule has 3 heterocycles. The van der Waals surface area contributed by atoms with Crippen molar-refractivity contribution in [3.63, 3.8) is 0 Å². The Hall–Kier alpha value is -2.94. The Morgan fingerprint density at radius 3 is 2.93 bits per heavy atom. The highest BCUT2D eigenvalue weighted by molar-refractivity contribution is 7.93. The maximum atomic E-state index is 12.9. The summed E-state index contributed by atoms with van der Waals surface area (Å²) < 4.78 is 20.0. The van der Waals surface area contributed by atoms with Crippen molar-refractivity contribution in [2.24, 2.45) is 0 Å². The molecule has 30 heavy (non-hydrogen) atoms. The first-order valence-electron chi connectivity index (χ1n) is 9.61. The van der Waals surface area contributed by atoms with Crippen molar-refractivity contribution in [3.8, 4) is 0 Å². The van der Waals surface area contributed by atoms with Gasteiger partial charge in [0.1, 0.15) is 5.82 Å². The largest absolute Gasteiger partial charge is 0.593 e. The molecular formula is C22H23N5O2S. The number of ether oxygens (including phenoxy) is 1. The first kappa shape index (κ1) is 20.3. The Balaban J connectivity index is 1.57. The molecule has 1 aromatic carbocycles. The average Bonchev–Trinajstić information content (AvgIpc) is 2.79. The molecule has 2 aromatic heterocycles. The molecule has 0 radical (unpaired) electrons. The summed E-state index contributed by atoms with van der Waals surface area (Å²) in [7, 11) is 1.52. The second-order valence-electron chi connectivity index (χ2n) is 6.97. The van der Waals surface area contributed by atoms with E-state index in [4.69, 9.17) is 10.1 Å². The SMILES string of the molecule is CO/C(C)=C(\C=N)[S+]([O-])N1CCc2c(ccnc2Nc2cnc3ccccc3c2)C1. The fourth-order valence-electron chi connectivity index (χ4n) is 3.51. The summed E-state index contributed by atoms with van der Waals surface area (Å²) in [5, 5.41) is 12.1. The first-order chi connectivity index (χ1) is 14.6. The second kappa shape index (κ2) is 8.83. The highest BCUT2D eigenvalue weighted by Crippen LogP contribution is 2.30. The Morgan fingerprint density at radius 1 is 1.30 bits per heavy atom. The highest BCUT2D eigenvalue weighted by atomic mass is 32.2. The van der Waals surface area contributed by atoms with E-state index in [0.29, 0.717) is 30.2 Å². The zero-order valence-corrected chi connectivity index (χ0v) is 17.7. The van der Waals surface area contributed by atoms with Gasteiger partial charge in [0.25, 0.3) is 0 Å². The Morgan fingerprint density at radius 2 is 2.13 bits per heavy atom. The summed E-state index contributed by atoms with van der Waals surface area (Å²) in [6.07, 6.45) is 5.38. The maximum Gasteiger partial charge on any atom is 0.228 e. The lowest BCUT2D eigenvalue weighted by Gasteiger charge is -2.30. The molecule has 0 saturated heterocycles. The van der Waals surface area contributed by atoms with Gasteiger partial charge in [-0.2, -0.15) is 0 Å². The number of nitrogens with zero attached hydrogens (tertiary/aromatic N) is 3. The lowest BCUT2D eigenvalue weighted by Crippen LogP contribution is -2.37. The summed E-state index contributed by atoms with van der Waals surface area (Å²) >= 11 is -1.45. The third-order valence-corrected chi connectivity index (χ3v) is 6.73. The number of hydrogen-bond donors (Lipinski definition) is 2. The highest BCUT2D eigenvalue weighted by Gasteiger charge is 2.31. The summed E-state index contributed by atoms with van der Waals surface area (Å²) in [4.78, 5) is 9.42. The van der Waals surface area contributed by atoms with E-state index in [2.05, 4.69) is 21.4 Å². The lowest BCUT2D eigenvalue weighted by molar-refractivity contribution is 0.292. The van der Waals surface area contributed by atoms with Gasteiger partial charge in [-0.3, -0.25) is 4.98 Å². The molecule has 3 aromatic rings. The Kier molecular flexibility index (Phi) is 5.98. The smallest absolute Gasteiger partial charge is 0.228 e. The van der Waals surface area contributed by atoms with Gasteiger partial charge in [-0.1, -0.05) is 18.2 Å². The van der Waals surface area contributed by atoms with E-state index in [9.17, 15) is 4.55 Å². The predicted molar refractivity (Wildman–Crippen MR) is 120 cm³/mol. The molecule has 0 saturated carbocycles. The fraction of sp³-hybridized carbons (Fsp3) is 0.227. The van der Waals surface area contributed by atoms with Crippen molar-refractivity contribution < 1.29 is 9.29 Å². The number of hydrogen-bond acceptors (Lipinski definition) is 7. The molecule has 1 aliphatic heterocycles. The molecule has 2 N–H and O–H groups in total. The van der Waals surface area contributed by atoms with Gasteiger partial charge in [0, 0.05) is 23.7 Å². The van der Waals surface area contributed by atoms with Crippen LogP contribution in [0.4, 0.5) is 11.5 Å². The van der Waals surface area contributed by atoms with Crippen molar-refractivity contribution in [3.05, 3.63) is 70.6 Å². The van der Waals surface area contributed by atoms with Crippen LogP contribution in [0.2, 0.25) is 0 Å². The van der Waals surface area contributed by atoms with E-state index < -0.39 is 11.4 Å². The van der Waals surface area contributed by atoms with Gasteiger partial charge in [-0.15, -0.1) is 4.31 Å². The van der Waals surface area contributed by atoms with E-state index in [1.165, 1.54) is 7.11 Å². The first-order valence-corrected chi connectivity index (χ1v) is 10.7. The number of para-hydroxylation sites is 1. The number of rotatable bonds is 6. The minimum absolute atomic E-state index is 0.385. The van der Waals surface area contributed by atoms with E-state index in [1.54, 1.807) is 13.1 Å². The Bertz CT molecular complexity index is 1120. The van der Waals surface area contributed by atoms with Crippen molar-refractivity contribution in [2.75, 3.05) is 19.0 Å². The molecule has 154 valence electrons.